The fraction of sp³-hybridized carbons (Fsp3) is 0.179. The van der Waals surface area contributed by atoms with E-state index < -0.39 is 15.9 Å². The second kappa shape index (κ2) is 10.7. The Morgan fingerprint density at radius 3 is 2.14 bits per heavy atom. The number of hydrogen-bond donors (Lipinski definition) is 2. The predicted molar refractivity (Wildman–Crippen MR) is 137 cm³/mol. The molecule has 0 aromatic heterocycles. The van der Waals surface area contributed by atoms with Crippen LogP contribution in [0.5, 0.6) is 5.75 Å². The minimum absolute atomic E-state index is 0.142. The van der Waals surface area contributed by atoms with E-state index in [9.17, 15) is 18.3 Å². The van der Waals surface area contributed by atoms with Crippen LogP contribution in [0.15, 0.2) is 95.9 Å². The fourth-order valence-electron chi connectivity index (χ4n) is 3.85. The fourth-order valence-corrected chi connectivity index (χ4v) is 4.48. The van der Waals surface area contributed by atoms with Crippen molar-refractivity contribution in [3.8, 4) is 16.9 Å². The Bertz CT molecular complexity index is 1410. The van der Waals surface area contributed by atoms with E-state index in [1.165, 1.54) is 6.26 Å². The molecule has 4 aromatic rings. The molecule has 0 saturated heterocycles. The average molecular weight is 490 g/mol. The average Bonchev–Trinajstić information content (AvgIpc) is 2.87. The smallest absolute Gasteiger partial charge is 0.258 e. The minimum atomic E-state index is -3.23. The summed E-state index contributed by atoms with van der Waals surface area (Å²) in [5.41, 5.74) is 2.81. The third-order valence-electron chi connectivity index (χ3n) is 5.73. The number of aliphatic hydroxyl groups is 1. The highest BCUT2D eigenvalue weighted by molar-refractivity contribution is 7.90. The lowest BCUT2D eigenvalue weighted by Gasteiger charge is -2.17. The van der Waals surface area contributed by atoms with Crippen molar-refractivity contribution in [1.82, 2.24) is 5.32 Å². The Morgan fingerprint density at radius 2 is 1.51 bits per heavy atom. The van der Waals surface area contributed by atoms with Crippen LogP contribution in [0.2, 0.25) is 0 Å². The van der Waals surface area contributed by atoms with Crippen molar-refractivity contribution < 1.29 is 23.1 Å². The standard InChI is InChI=1S/C28H27NO5S/c1-35(32,33)27-14-11-23(12-15-27)22-8-6-20(7-9-22)16-25(18-30)29-28(31)19-34-26-13-10-21-4-2-3-5-24(21)17-26/h2-15,17,25,30H,16,18-19H2,1H3,(H,29,31). The van der Waals surface area contributed by atoms with E-state index >= 15 is 0 Å². The summed E-state index contributed by atoms with van der Waals surface area (Å²) in [6, 6.07) is 27.6. The SMILES string of the molecule is CS(=O)(=O)c1ccc(-c2ccc(CC(CO)NC(=O)COc3ccc4ccccc4c3)cc2)cc1. The normalized spacial score (nSPS) is 12.3. The van der Waals surface area contributed by atoms with E-state index in [1.54, 1.807) is 24.3 Å². The molecular formula is C28H27NO5S. The van der Waals surface area contributed by atoms with Crippen molar-refractivity contribution >= 4 is 26.5 Å². The molecule has 0 aliphatic carbocycles. The molecule has 1 unspecified atom stereocenters. The summed E-state index contributed by atoms with van der Waals surface area (Å²) in [5, 5.41) is 14.7. The van der Waals surface area contributed by atoms with Crippen molar-refractivity contribution in [1.29, 1.82) is 0 Å². The molecule has 4 aromatic carbocycles. The highest BCUT2D eigenvalue weighted by atomic mass is 32.2. The lowest BCUT2D eigenvalue weighted by Crippen LogP contribution is -2.41. The highest BCUT2D eigenvalue weighted by Crippen LogP contribution is 2.23. The molecule has 4 rings (SSSR count). The Labute approximate surface area is 205 Å². The number of hydrogen-bond acceptors (Lipinski definition) is 5. The van der Waals surface area contributed by atoms with Gasteiger partial charge in [0.05, 0.1) is 17.5 Å². The number of benzene rings is 4. The molecule has 35 heavy (non-hydrogen) atoms. The van der Waals surface area contributed by atoms with Crippen LogP contribution in [-0.2, 0) is 21.1 Å². The maximum absolute atomic E-state index is 12.4. The molecule has 0 spiro atoms. The molecule has 0 aliphatic rings. The Hall–Kier alpha value is -3.68. The molecule has 0 fully saturated rings. The van der Waals surface area contributed by atoms with Crippen LogP contribution >= 0.6 is 0 Å². The number of carbonyl (C=O) groups excluding carboxylic acids is 1. The lowest BCUT2D eigenvalue weighted by atomic mass is 10.0. The van der Waals surface area contributed by atoms with Gasteiger partial charge in [0.25, 0.3) is 5.91 Å². The summed E-state index contributed by atoms with van der Waals surface area (Å²) in [7, 11) is -3.23. The molecule has 180 valence electrons. The molecule has 1 atom stereocenters. The van der Waals surface area contributed by atoms with E-state index in [-0.39, 0.29) is 24.0 Å². The molecule has 0 saturated carbocycles. The van der Waals surface area contributed by atoms with Crippen LogP contribution in [0.3, 0.4) is 0 Å². The van der Waals surface area contributed by atoms with Gasteiger partial charge in [0.1, 0.15) is 5.75 Å². The molecule has 2 N–H and O–H groups in total. The first kappa shape index (κ1) is 24.4. The third kappa shape index (κ3) is 6.47. The van der Waals surface area contributed by atoms with Crippen molar-refractivity contribution in [3.63, 3.8) is 0 Å². The maximum atomic E-state index is 12.4. The second-order valence-electron chi connectivity index (χ2n) is 8.44. The first-order chi connectivity index (χ1) is 16.8. The van der Waals surface area contributed by atoms with Gasteiger partial charge in [-0.2, -0.15) is 0 Å². The minimum Gasteiger partial charge on any atom is -0.484 e. The van der Waals surface area contributed by atoms with Crippen LogP contribution in [0, 0.1) is 0 Å². The van der Waals surface area contributed by atoms with Gasteiger partial charge in [-0.25, -0.2) is 8.42 Å². The highest BCUT2D eigenvalue weighted by Gasteiger charge is 2.13. The predicted octanol–water partition coefficient (Wildman–Crippen LogP) is 4.01. The largest absolute Gasteiger partial charge is 0.484 e. The summed E-state index contributed by atoms with van der Waals surface area (Å²) >= 11 is 0. The summed E-state index contributed by atoms with van der Waals surface area (Å²) in [6.07, 6.45) is 1.65. The van der Waals surface area contributed by atoms with Gasteiger partial charge in [0.15, 0.2) is 16.4 Å². The number of carbonyl (C=O) groups is 1. The van der Waals surface area contributed by atoms with Crippen LogP contribution in [0.4, 0.5) is 0 Å². The van der Waals surface area contributed by atoms with Crippen LogP contribution in [0.1, 0.15) is 5.56 Å². The molecule has 0 heterocycles. The molecule has 6 nitrogen and oxygen atoms in total. The van der Waals surface area contributed by atoms with E-state index in [1.807, 2.05) is 66.7 Å². The number of aliphatic hydroxyl groups excluding tert-OH is 1. The van der Waals surface area contributed by atoms with Crippen molar-refractivity contribution in [2.24, 2.45) is 0 Å². The number of ether oxygens (including phenoxy) is 1. The van der Waals surface area contributed by atoms with Crippen LogP contribution in [-0.4, -0.2) is 44.9 Å². The Morgan fingerprint density at radius 1 is 0.886 bits per heavy atom. The van der Waals surface area contributed by atoms with Crippen molar-refractivity contribution in [2.45, 2.75) is 17.4 Å². The first-order valence-electron chi connectivity index (χ1n) is 11.2. The number of rotatable bonds is 9. The lowest BCUT2D eigenvalue weighted by molar-refractivity contribution is -0.124. The molecule has 0 radical (unpaired) electrons. The molecule has 1 amide bonds. The number of nitrogens with one attached hydrogen (secondary N) is 1. The Balaban J connectivity index is 1.32. The van der Waals surface area contributed by atoms with E-state index in [0.29, 0.717) is 12.2 Å². The monoisotopic (exact) mass is 489 g/mol. The quantitative estimate of drug-likeness (QED) is 0.371. The van der Waals surface area contributed by atoms with Gasteiger partial charge in [-0.15, -0.1) is 0 Å². The van der Waals surface area contributed by atoms with E-state index in [0.717, 1.165) is 27.5 Å². The zero-order valence-corrected chi connectivity index (χ0v) is 20.2. The first-order valence-corrected chi connectivity index (χ1v) is 13.1. The van der Waals surface area contributed by atoms with E-state index in [2.05, 4.69) is 5.32 Å². The third-order valence-corrected chi connectivity index (χ3v) is 6.86. The maximum Gasteiger partial charge on any atom is 0.258 e. The van der Waals surface area contributed by atoms with Gasteiger partial charge in [-0.3, -0.25) is 4.79 Å². The van der Waals surface area contributed by atoms with Gasteiger partial charge in [0, 0.05) is 6.26 Å². The second-order valence-corrected chi connectivity index (χ2v) is 10.5. The van der Waals surface area contributed by atoms with Gasteiger partial charge >= 0.3 is 0 Å². The van der Waals surface area contributed by atoms with Gasteiger partial charge in [-0.1, -0.05) is 66.7 Å². The molecule has 7 heteroatoms. The summed E-state index contributed by atoms with van der Waals surface area (Å²) in [4.78, 5) is 12.7. The van der Waals surface area contributed by atoms with Gasteiger partial charge in [0.2, 0.25) is 0 Å². The van der Waals surface area contributed by atoms with Gasteiger partial charge in [-0.05, 0) is 58.1 Å². The zero-order valence-electron chi connectivity index (χ0n) is 19.3. The number of fused-ring (bicyclic) bond motifs is 1. The number of amides is 1. The summed E-state index contributed by atoms with van der Waals surface area (Å²) < 4.78 is 28.9. The topological polar surface area (TPSA) is 92.7 Å². The molecule has 0 bridgehead atoms. The Kier molecular flexibility index (Phi) is 7.48. The van der Waals surface area contributed by atoms with Crippen LogP contribution < -0.4 is 10.1 Å². The van der Waals surface area contributed by atoms with E-state index in [4.69, 9.17) is 4.74 Å². The molecule has 0 aliphatic heterocycles. The zero-order chi connectivity index (χ0) is 24.8. The number of sulfone groups is 1. The van der Waals surface area contributed by atoms with Gasteiger partial charge < -0.3 is 15.2 Å². The van der Waals surface area contributed by atoms with Crippen LogP contribution in [0.25, 0.3) is 21.9 Å². The molecular weight excluding hydrogens is 462 g/mol. The van der Waals surface area contributed by atoms with Crippen molar-refractivity contribution in [3.05, 3.63) is 96.6 Å². The summed E-state index contributed by atoms with van der Waals surface area (Å²) in [6.45, 7) is -0.340. The van der Waals surface area contributed by atoms with Crippen molar-refractivity contribution in [2.75, 3.05) is 19.5 Å². The summed E-state index contributed by atoms with van der Waals surface area (Å²) in [5.74, 6) is 0.305.